The number of amides is 1. The first-order valence-corrected chi connectivity index (χ1v) is 6.44. The molecular formula is C16H16N2O3. The van der Waals surface area contributed by atoms with E-state index in [9.17, 15) is 9.59 Å². The summed E-state index contributed by atoms with van der Waals surface area (Å²) in [5.41, 5.74) is 7.41. The zero-order chi connectivity index (χ0) is 15.2. The summed E-state index contributed by atoms with van der Waals surface area (Å²) >= 11 is 0. The number of nitrogens with one attached hydrogen (secondary N) is 1. The van der Waals surface area contributed by atoms with E-state index in [2.05, 4.69) is 5.32 Å². The van der Waals surface area contributed by atoms with Crippen molar-refractivity contribution in [2.75, 3.05) is 17.7 Å². The third-order valence-corrected chi connectivity index (χ3v) is 2.80. The van der Waals surface area contributed by atoms with Gasteiger partial charge in [0.15, 0.2) is 12.4 Å². The van der Waals surface area contributed by atoms with Gasteiger partial charge < -0.3 is 15.8 Å². The molecule has 0 bridgehead atoms. The lowest BCUT2D eigenvalue weighted by Crippen LogP contribution is -2.20. The molecule has 2 aromatic carbocycles. The summed E-state index contributed by atoms with van der Waals surface area (Å²) in [5.74, 6) is 0.239. The standard InChI is InChI=1S/C16H16N2O3/c1-11(19)12-5-7-14(8-6-12)18-16(20)10-21-15-4-2-3-13(17)9-15/h2-9H,10,17H2,1H3,(H,18,20). The number of nitrogens with two attached hydrogens (primary N) is 1. The van der Waals surface area contributed by atoms with E-state index in [0.29, 0.717) is 22.7 Å². The quantitative estimate of drug-likeness (QED) is 0.653. The van der Waals surface area contributed by atoms with Crippen LogP contribution in [-0.2, 0) is 4.79 Å². The monoisotopic (exact) mass is 284 g/mol. The van der Waals surface area contributed by atoms with Gasteiger partial charge in [-0.05, 0) is 43.3 Å². The van der Waals surface area contributed by atoms with E-state index in [4.69, 9.17) is 10.5 Å². The molecule has 5 nitrogen and oxygen atoms in total. The van der Waals surface area contributed by atoms with Crippen LogP contribution in [0.2, 0.25) is 0 Å². The molecule has 0 aromatic heterocycles. The van der Waals surface area contributed by atoms with E-state index in [1.165, 1.54) is 6.92 Å². The molecule has 0 saturated carbocycles. The first-order valence-electron chi connectivity index (χ1n) is 6.44. The van der Waals surface area contributed by atoms with Crippen LogP contribution in [0, 0.1) is 0 Å². The Morgan fingerprint density at radius 2 is 1.86 bits per heavy atom. The van der Waals surface area contributed by atoms with E-state index >= 15 is 0 Å². The summed E-state index contributed by atoms with van der Waals surface area (Å²) in [6.07, 6.45) is 0. The maximum Gasteiger partial charge on any atom is 0.262 e. The van der Waals surface area contributed by atoms with Gasteiger partial charge in [0.25, 0.3) is 5.91 Å². The molecule has 21 heavy (non-hydrogen) atoms. The fraction of sp³-hybridized carbons (Fsp3) is 0.125. The van der Waals surface area contributed by atoms with Gasteiger partial charge in [-0.1, -0.05) is 6.07 Å². The maximum absolute atomic E-state index is 11.8. The van der Waals surface area contributed by atoms with E-state index in [1.807, 2.05) is 0 Å². The number of benzene rings is 2. The molecule has 0 fully saturated rings. The topological polar surface area (TPSA) is 81.4 Å². The maximum atomic E-state index is 11.8. The Morgan fingerprint density at radius 3 is 2.48 bits per heavy atom. The molecule has 0 unspecified atom stereocenters. The lowest BCUT2D eigenvalue weighted by molar-refractivity contribution is -0.118. The molecule has 1 amide bonds. The number of ether oxygens (including phenoxy) is 1. The van der Waals surface area contributed by atoms with Gasteiger partial charge in [0, 0.05) is 23.0 Å². The zero-order valence-electron chi connectivity index (χ0n) is 11.6. The molecule has 0 aliphatic carbocycles. The summed E-state index contributed by atoms with van der Waals surface area (Å²) in [4.78, 5) is 22.9. The number of nitrogen functional groups attached to an aromatic ring is 1. The van der Waals surface area contributed by atoms with Crippen LogP contribution in [-0.4, -0.2) is 18.3 Å². The van der Waals surface area contributed by atoms with Crippen LogP contribution in [0.15, 0.2) is 48.5 Å². The van der Waals surface area contributed by atoms with Crippen molar-refractivity contribution in [3.63, 3.8) is 0 Å². The number of hydrogen-bond donors (Lipinski definition) is 2. The molecule has 3 N–H and O–H groups in total. The highest BCUT2D eigenvalue weighted by atomic mass is 16.5. The number of carbonyl (C=O) groups excluding carboxylic acids is 2. The van der Waals surface area contributed by atoms with Crippen LogP contribution in [0.4, 0.5) is 11.4 Å². The molecule has 0 spiro atoms. The number of anilines is 2. The van der Waals surface area contributed by atoms with E-state index in [-0.39, 0.29) is 18.3 Å². The average Bonchev–Trinajstić information content (AvgIpc) is 2.46. The largest absolute Gasteiger partial charge is 0.484 e. The number of hydrogen-bond acceptors (Lipinski definition) is 4. The van der Waals surface area contributed by atoms with Crippen molar-refractivity contribution >= 4 is 23.1 Å². The fourth-order valence-corrected chi connectivity index (χ4v) is 1.74. The summed E-state index contributed by atoms with van der Waals surface area (Å²) in [6, 6.07) is 13.5. The third kappa shape index (κ3) is 4.35. The van der Waals surface area contributed by atoms with Crippen LogP contribution in [0.5, 0.6) is 5.75 Å². The fourth-order valence-electron chi connectivity index (χ4n) is 1.74. The van der Waals surface area contributed by atoms with Crippen molar-refractivity contribution in [3.8, 4) is 5.75 Å². The van der Waals surface area contributed by atoms with Gasteiger partial charge in [0.2, 0.25) is 0 Å². The SMILES string of the molecule is CC(=O)c1ccc(NC(=O)COc2cccc(N)c2)cc1. The van der Waals surface area contributed by atoms with Crippen LogP contribution < -0.4 is 15.8 Å². The van der Waals surface area contributed by atoms with Crippen molar-refractivity contribution in [1.82, 2.24) is 0 Å². The van der Waals surface area contributed by atoms with E-state index in [1.54, 1.807) is 48.5 Å². The van der Waals surface area contributed by atoms with E-state index < -0.39 is 0 Å². The number of carbonyl (C=O) groups is 2. The second-order valence-electron chi connectivity index (χ2n) is 4.54. The van der Waals surface area contributed by atoms with Crippen LogP contribution >= 0.6 is 0 Å². The Bertz CT molecular complexity index is 651. The Balaban J connectivity index is 1.88. The third-order valence-electron chi connectivity index (χ3n) is 2.80. The molecule has 0 saturated heterocycles. The highest BCUT2D eigenvalue weighted by Gasteiger charge is 2.05. The number of ketones is 1. The van der Waals surface area contributed by atoms with E-state index in [0.717, 1.165) is 0 Å². The molecule has 2 aromatic rings. The second-order valence-corrected chi connectivity index (χ2v) is 4.54. The summed E-state index contributed by atoms with van der Waals surface area (Å²) < 4.78 is 5.34. The normalized spacial score (nSPS) is 9.95. The molecule has 108 valence electrons. The minimum Gasteiger partial charge on any atom is -0.484 e. The van der Waals surface area contributed by atoms with Crippen molar-refractivity contribution < 1.29 is 14.3 Å². The minimum absolute atomic E-state index is 0.0159. The molecule has 0 radical (unpaired) electrons. The highest BCUT2D eigenvalue weighted by Crippen LogP contribution is 2.14. The second kappa shape index (κ2) is 6.56. The lowest BCUT2D eigenvalue weighted by atomic mass is 10.1. The van der Waals surface area contributed by atoms with Crippen molar-refractivity contribution in [1.29, 1.82) is 0 Å². The zero-order valence-corrected chi connectivity index (χ0v) is 11.6. The van der Waals surface area contributed by atoms with Crippen LogP contribution in [0.1, 0.15) is 17.3 Å². The Labute approximate surface area is 122 Å². The van der Waals surface area contributed by atoms with Crippen molar-refractivity contribution in [2.45, 2.75) is 6.92 Å². The van der Waals surface area contributed by atoms with Gasteiger partial charge in [-0.2, -0.15) is 0 Å². The van der Waals surface area contributed by atoms with Crippen molar-refractivity contribution in [2.24, 2.45) is 0 Å². The predicted octanol–water partition coefficient (Wildman–Crippen LogP) is 2.49. The highest BCUT2D eigenvalue weighted by molar-refractivity contribution is 5.95. The Hall–Kier alpha value is -2.82. The van der Waals surface area contributed by atoms with Crippen molar-refractivity contribution in [3.05, 3.63) is 54.1 Å². The summed E-state index contributed by atoms with van der Waals surface area (Å²) in [6.45, 7) is 1.38. The lowest BCUT2D eigenvalue weighted by Gasteiger charge is -2.08. The molecule has 0 heterocycles. The smallest absolute Gasteiger partial charge is 0.262 e. The molecular weight excluding hydrogens is 268 g/mol. The average molecular weight is 284 g/mol. The van der Waals surface area contributed by atoms with Gasteiger partial charge in [-0.15, -0.1) is 0 Å². The van der Waals surface area contributed by atoms with Crippen LogP contribution in [0.25, 0.3) is 0 Å². The molecule has 0 atom stereocenters. The molecule has 2 rings (SSSR count). The predicted molar refractivity (Wildman–Crippen MR) is 81.4 cm³/mol. The van der Waals surface area contributed by atoms with Gasteiger partial charge in [-0.25, -0.2) is 0 Å². The first kappa shape index (κ1) is 14.6. The van der Waals surface area contributed by atoms with Gasteiger partial charge in [-0.3, -0.25) is 9.59 Å². The summed E-state index contributed by atoms with van der Waals surface area (Å²) in [7, 11) is 0. The summed E-state index contributed by atoms with van der Waals surface area (Å²) in [5, 5.41) is 2.69. The minimum atomic E-state index is -0.284. The molecule has 5 heteroatoms. The number of rotatable bonds is 5. The molecule has 0 aliphatic heterocycles. The van der Waals surface area contributed by atoms with Gasteiger partial charge >= 0.3 is 0 Å². The Morgan fingerprint density at radius 1 is 1.14 bits per heavy atom. The van der Waals surface area contributed by atoms with Gasteiger partial charge in [0.05, 0.1) is 0 Å². The Kier molecular flexibility index (Phi) is 4.56. The molecule has 0 aliphatic rings. The number of Topliss-reactive ketones (excluding diaryl/α,β-unsaturated/α-hetero) is 1. The first-order chi connectivity index (χ1) is 10.0. The van der Waals surface area contributed by atoms with Gasteiger partial charge in [0.1, 0.15) is 5.75 Å². The van der Waals surface area contributed by atoms with Crippen LogP contribution in [0.3, 0.4) is 0 Å².